The van der Waals surface area contributed by atoms with Crippen molar-refractivity contribution in [1.82, 2.24) is 4.90 Å². The summed E-state index contributed by atoms with van der Waals surface area (Å²) >= 11 is 0. The number of hydrogen-bond donors (Lipinski definition) is 1. The van der Waals surface area contributed by atoms with Crippen LogP contribution in [-0.4, -0.2) is 43.3 Å². The molecule has 0 spiro atoms. The highest BCUT2D eigenvalue weighted by atomic mass is 16.5. The van der Waals surface area contributed by atoms with E-state index in [-0.39, 0.29) is 0 Å². The summed E-state index contributed by atoms with van der Waals surface area (Å²) < 4.78 is 5.86. The zero-order valence-corrected chi connectivity index (χ0v) is 12.1. The summed E-state index contributed by atoms with van der Waals surface area (Å²) in [5.74, 6) is 1.50. The minimum Gasteiger partial charge on any atom is -0.378 e. The van der Waals surface area contributed by atoms with Crippen LogP contribution in [0.4, 0.5) is 0 Å². The number of piperidine rings is 1. The summed E-state index contributed by atoms with van der Waals surface area (Å²) in [6.07, 6.45) is 6.73. The molecule has 2 aliphatic heterocycles. The van der Waals surface area contributed by atoms with Gasteiger partial charge in [0.05, 0.1) is 6.10 Å². The van der Waals surface area contributed by atoms with Crippen LogP contribution in [0.2, 0.25) is 0 Å². The third kappa shape index (κ3) is 3.46. The Labute approximate surface area is 112 Å². The van der Waals surface area contributed by atoms with Gasteiger partial charge in [-0.2, -0.15) is 0 Å². The fourth-order valence-corrected chi connectivity index (χ4v) is 3.53. The molecule has 0 aromatic rings. The van der Waals surface area contributed by atoms with Gasteiger partial charge >= 0.3 is 0 Å². The lowest BCUT2D eigenvalue weighted by molar-refractivity contribution is -0.0425. The molecular formula is C15H30N2O. The number of likely N-dealkylation sites (tertiary alicyclic amines) is 1. The predicted molar refractivity (Wildman–Crippen MR) is 75.6 cm³/mol. The Morgan fingerprint density at radius 3 is 2.89 bits per heavy atom. The number of nitrogens with two attached hydrogens (primary N) is 1. The molecule has 0 saturated carbocycles. The van der Waals surface area contributed by atoms with Crippen LogP contribution in [0.1, 0.15) is 46.0 Å². The van der Waals surface area contributed by atoms with Gasteiger partial charge in [-0.25, -0.2) is 0 Å². The molecule has 3 heteroatoms. The van der Waals surface area contributed by atoms with Gasteiger partial charge in [0.2, 0.25) is 0 Å². The Morgan fingerprint density at radius 2 is 2.17 bits per heavy atom. The quantitative estimate of drug-likeness (QED) is 0.836. The molecule has 2 aliphatic rings. The van der Waals surface area contributed by atoms with Crippen molar-refractivity contribution in [3.63, 3.8) is 0 Å². The second kappa shape index (κ2) is 6.88. The Kier molecular flexibility index (Phi) is 5.46. The maximum absolute atomic E-state index is 5.91. The Hall–Kier alpha value is -0.120. The van der Waals surface area contributed by atoms with Crippen LogP contribution in [-0.2, 0) is 4.74 Å². The lowest BCUT2D eigenvalue weighted by Crippen LogP contribution is -2.50. The van der Waals surface area contributed by atoms with Gasteiger partial charge in [0.1, 0.15) is 0 Å². The first-order valence-corrected chi connectivity index (χ1v) is 7.80. The van der Waals surface area contributed by atoms with E-state index in [1.165, 1.54) is 45.2 Å². The van der Waals surface area contributed by atoms with Gasteiger partial charge in [-0.3, -0.25) is 4.90 Å². The van der Waals surface area contributed by atoms with E-state index < -0.39 is 0 Å². The van der Waals surface area contributed by atoms with Crippen molar-refractivity contribution < 1.29 is 4.74 Å². The molecule has 3 nitrogen and oxygen atoms in total. The van der Waals surface area contributed by atoms with Crippen molar-refractivity contribution >= 4 is 0 Å². The van der Waals surface area contributed by atoms with E-state index in [1.54, 1.807) is 0 Å². The predicted octanol–water partition coefficient (Wildman–Crippen LogP) is 2.25. The highest BCUT2D eigenvalue weighted by Gasteiger charge is 2.32. The average Bonchev–Trinajstić information content (AvgIpc) is 2.40. The Morgan fingerprint density at radius 1 is 1.33 bits per heavy atom. The number of rotatable bonds is 4. The van der Waals surface area contributed by atoms with Crippen LogP contribution in [0.25, 0.3) is 0 Å². The van der Waals surface area contributed by atoms with Crippen molar-refractivity contribution in [1.29, 1.82) is 0 Å². The van der Waals surface area contributed by atoms with Crippen LogP contribution in [0.3, 0.4) is 0 Å². The summed E-state index contributed by atoms with van der Waals surface area (Å²) in [7, 11) is 0. The van der Waals surface area contributed by atoms with Gasteiger partial charge in [-0.05, 0) is 50.6 Å². The van der Waals surface area contributed by atoms with Gasteiger partial charge in [0, 0.05) is 19.2 Å². The Bertz CT molecular complexity index is 245. The van der Waals surface area contributed by atoms with Crippen LogP contribution in [0, 0.1) is 11.8 Å². The van der Waals surface area contributed by atoms with Crippen LogP contribution in [0.15, 0.2) is 0 Å². The monoisotopic (exact) mass is 254 g/mol. The van der Waals surface area contributed by atoms with E-state index in [4.69, 9.17) is 10.5 Å². The number of nitrogens with zero attached hydrogens (tertiary/aromatic N) is 1. The number of hydrogen-bond acceptors (Lipinski definition) is 3. The minimum atomic E-state index is 0.504. The molecule has 2 heterocycles. The summed E-state index contributed by atoms with van der Waals surface area (Å²) in [5.41, 5.74) is 5.91. The second-order valence-electron chi connectivity index (χ2n) is 6.22. The molecule has 2 rings (SSSR count). The molecule has 2 N–H and O–H groups in total. The van der Waals surface area contributed by atoms with Gasteiger partial charge in [-0.15, -0.1) is 0 Å². The lowest BCUT2D eigenvalue weighted by atomic mass is 9.85. The summed E-state index contributed by atoms with van der Waals surface area (Å²) in [6, 6.07) is 0.747. The average molecular weight is 254 g/mol. The summed E-state index contributed by atoms with van der Waals surface area (Å²) in [5, 5.41) is 0. The molecule has 4 unspecified atom stereocenters. The van der Waals surface area contributed by atoms with Gasteiger partial charge in [0.25, 0.3) is 0 Å². The molecule has 0 aliphatic carbocycles. The molecule has 106 valence electrons. The molecule has 18 heavy (non-hydrogen) atoms. The minimum absolute atomic E-state index is 0.504. The third-order valence-electron chi connectivity index (χ3n) is 4.91. The van der Waals surface area contributed by atoms with E-state index in [0.29, 0.717) is 12.0 Å². The molecule has 2 fully saturated rings. The summed E-state index contributed by atoms with van der Waals surface area (Å²) in [6.45, 7) is 8.88. The molecule has 0 aromatic heterocycles. The van der Waals surface area contributed by atoms with E-state index >= 15 is 0 Å². The van der Waals surface area contributed by atoms with Gasteiger partial charge in [-0.1, -0.05) is 20.3 Å². The molecule has 0 amide bonds. The Balaban J connectivity index is 1.86. The van der Waals surface area contributed by atoms with Crippen LogP contribution < -0.4 is 5.73 Å². The molecule has 0 bridgehead atoms. The SMILES string of the molecule is CCCC1CC(N2CCC(C)C(CN)C2)CCO1. The normalized spacial score (nSPS) is 38.8. The smallest absolute Gasteiger partial charge is 0.0590 e. The topological polar surface area (TPSA) is 38.5 Å². The zero-order chi connectivity index (χ0) is 13.0. The van der Waals surface area contributed by atoms with Crippen molar-refractivity contribution in [2.75, 3.05) is 26.2 Å². The first-order chi connectivity index (χ1) is 8.74. The van der Waals surface area contributed by atoms with Crippen molar-refractivity contribution in [3.8, 4) is 0 Å². The van der Waals surface area contributed by atoms with Gasteiger partial charge in [0.15, 0.2) is 0 Å². The largest absolute Gasteiger partial charge is 0.378 e. The maximum Gasteiger partial charge on any atom is 0.0590 e. The second-order valence-corrected chi connectivity index (χ2v) is 6.22. The standard InChI is InChI=1S/C15H30N2O/c1-3-4-15-9-14(6-8-18-15)17-7-5-12(2)13(10-16)11-17/h12-15H,3-11,16H2,1-2H3. The first-order valence-electron chi connectivity index (χ1n) is 7.80. The van der Waals surface area contributed by atoms with Crippen LogP contribution >= 0.6 is 0 Å². The zero-order valence-electron chi connectivity index (χ0n) is 12.1. The highest BCUT2D eigenvalue weighted by molar-refractivity contribution is 4.86. The van der Waals surface area contributed by atoms with E-state index in [0.717, 1.165) is 25.1 Å². The lowest BCUT2D eigenvalue weighted by Gasteiger charge is -2.43. The van der Waals surface area contributed by atoms with Crippen molar-refractivity contribution in [2.24, 2.45) is 17.6 Å². The van der Waals surface area contributed by atoms with E-state index in [1.807, 2.05) is 0 Å². The summed E-state index contributed by atoms with van der Waals surface area (Å²) in [4.78, 5) is 2.70. The third-order valence-corrected chi connectivity index (χ3v) is 4.91. The van der Waals surface area contributed by atoms with Crippen molar-refractivity contribution in [3.05, 3.63) is 0 Å². The van der Waals surface area contributed by atoms with Crippen LogP contribution in [0.5, 0.6) is 0 Å². The molecule has 0 radical (unpaired) electrons. The first kappa shape index (κ1) is 14.3. The molecule has 0 aromatic carbocycles. The van der Waals surface area contributed by atoms with E-state index in [9.17, 15) is 0 Å². The molecule has 2 saturated heterocycles. The highest BCUT2D eigenvalue weighted by Crippen LogP contribution is 2.28. The number of ether oxygens (including phenoxy) is 1. The fourth-order valence-electron chi connectivity index (χ4n) is 3.53. The fraction of sp³-hybridized carbons (Fsp3) is 1.00. The molecule has 4 atom stereocenters. The van der Waals surface area contributed by atoms with Gasteiger partial charge < -0.3 is 10.5 Å². The molecular weight excluding hydrogens is 224 g/mol. The van der Waals surface area contributed by atoms with E-state index in [2.05, 4.69) is 18.7 Å². The maximum atomic E-state index is 5.91. The van der Waals surface area contributed by atoms with Crippen molar-refractivity contribution in [2.45, 2.75) is 58.1 Å².